The number of hydrogen-bond donors (Lipinski definition) is 0. The zero-order chi connectivity index (χ0) is 21.1. The van der Waals surface area contributed by atoms with Gasteiger partial charge in [-0.3, -0.25) is 0 Å². The van der Waals surface area contributed by atoms with Gasteiger partial charge in [-0.2, -0.15) is 11.3 Å². The molecule has 0 unspecified atom stereocenters. The first-order valence-corrected chi connectivity index (χ1v) is 12.8. The predicted molar refractivity (Wildman–Crippen MR) is 135 cm³/mol. The van der Waals surface area contributed by atoms with Gasteiger partial charge < -0.3 is 0 Å². The number of rotatable bonds is 0. The SMILES string of the molecule is Cc1ccc(C)s1.Cc1ccsc1C.Cc1csc(C)c1.Cc1cscc1C. The quantitative estimate of drug-likeness (QED) is 0.251. The van der Waals surface area contributed by atoms with E-state index in [0.29, 0.717) is 0 Å². The smallest absolute Gasteiger partial charge is 0.00433 e. The second-order valence-electron chi connectivity index (χ2n) is 6.79. The molecule has 0 saturated heterocycles. The topological polar surface area (TPSA) is 0 Å². The summed E-state index contributed by atoms with van der Waals surface area (Å²) in [5.74, 6) is 0. The van der Waals surface area contributed by atoms with Crippen molar-refractivity contribution in [3.05, 3.63) is 87.5 Å². The average molecular weight is 449 g/mol. The number of hydrogen-bond acceptors (Lipinski definition) is 4. The molecule has 0 spiro atoms. The van der Waals surface area contributed by atoms with Crippen LogP contribution in [0.2, 0.25) is 0 Å². The first-order valence-electron chi connectivity index (χ1n) is 9.24. The second kappa shape index (κ2) is 13.1. The minimum atomic E-state index is 1.38. The molecule has 0 nitrogen and oxygen atoms in total. The Hall–Kier alpha value is -1.20. The monoisotopic (exact) mass is 448 g/mol. The van der Waals surface area contributed by atoms with Crippen molar-refractivity contribution in [1.29, 1.82) is 0 Å². The highest BCUT2D eigenvalue weighted by Crippen LogP contribution is 2.13. The van der Waals surface area contributed by atoms with Gasteiger partial charge in [0.1, 0.15) is 0 Å². The maximum absolute atomic E-state index is 2.19. The van der Waals surface area contributed by atoms with Gasteiger partial charge in [0.25, 0.3) is 0 Å². The van der Waals surface area contributed by atoms with Gasteiger partial charge in [-0.05, 0) is 123 Å². The van der Waals surface area contributed by atoms with Gasteiger partial charge in [-0.1, -0.05) is 0 Å². The fraction of sp³-hybridized carbons (Fsp3) is 0.333. The molecule has 28 heavy (non-hydrogen) atoms. The minimum absolute atomic E-state index is 1.38. The molecule has 0 N–H and O–H groups in total. The third-order valence-corrected chi connectivity index (χ3v) is 7.79. The molecule has 0 aliphatic heterocycles. The molecule has 4 aromatic rings. The van der Waals surface area contributed by atoms with Crippen LogP contribution in [0.15, 0.2) is 45.8 Å². The van der Waals surface area contributed by atoms with Crippen LogP contribution in [-0.2, 0) is 0 Å². The Morgan fingerprint density at radius 3 is 1.29 bits per heavy atom. The van der Waals surface area contributed by atoms with Crippen LogP contribution in [0.4, 0.5) is 0 Å². The summed E-state index contributed by atoms with van der Waals surface area (Å²) < 4.78 is 0. The summed E-state index contributed by atoms with van der Waals surface area (Å²) in [4.78, 5) is 5.63. The molecule has 152 valence electrons. The first kappa shape index (κ1) is 24.8. The fourth-order valence-electron chi connectivity index (χ4n) is 2.00. The van der Waals surface area contributed by atoms with E-state index in [-0.39, 0.29) is 0 Å². The lowest BCUT2D eigenvalue weighted by molar-refractivity contribution is 1.41. The van der Waals surface area contributed by atoms with E-state index in [1.807, 2.05) is 11.3 Å². The normalized spacial score (nSPS) is 9.43. The molecular formula is C24H32S4. The van der Waals surface area contributed by atoms with Crippen LogP contribution in [0.5, 0.6) is 0 Å². The summed E-state index contributed by atoms with van der Waals surface area (Å²) in [5, 5.41) is 8.60. The largest absolute Gasteiger partial charge is 0.152 e. The Morgan fingerprint density at radius 1 is 0.571 bits per heavy atom. The Kier molecular flexibility index (Phi) is 11.6. The van der Waals surface area contributed by atoms with Gasteiger partial charge in [0.2, 0.25) is 0 Å². The maximum atomic E-state index is 2.19. The summed E-state index contributed by atoms with van der Waals surface area (Å²) in [5.41, 5.74) is 5.60. The third-order valence-electron chi connectivity index (χ3n) is 3.97. The first-order chi connectivity index (χ1) is 13.2. The van der Waals surface area contributed by atoms with E-state index in [9.17, 15) is 0 Å². The highest BCUT2D eigenvalue weighted by Gasteiger charge is 1.88. The van der Waals surface area contributed by atoms with Crippen LogP contribution < -0.4 is 0 Å². The molecule has 4 heterocycles. The summed E-state index contributed by atoms with van der Waals surface area (Å²) in [6, 6.07) is 8.60. The Bertz CT molecular complexity index is 775. The van der Waals surface area contributed by atoms with Gasteiger partial charge in [0, 0.05) is 19.5 Å². The molecule has 0 bridgehead atoms. The third kappa shape index (κ3) is 10.4. The van der Waals surface area contributed by atoms with Crippen LogP contribution in [0.25, 0.3) is 0 Å². The van der Waals surface area contributed by atoms with Gasteiger partial charge in [-0.15, -0.1) is 34.0 Å². The number of thiophene rings is 4. The van der Waals surface area contributed by atoms with E-state index in [1.54, 1.807) is 34.0 Å². The van der Waals surface area contributed by atoms with Crippen LogP contribution in [-0.4, -0.2) is 0 Å². The van der Waals surface area contributed by atoms with Gasteiger partial charge in [-0.25, -0.2) is 0 Å². The van der Waals surface area contributed by atoms with Crippen molar-refractivity contribution in [2.24, 2.45) is 0 Å². The van der Waals surface area contributed by atoms with Crippen molar-refractivity contribution in [2.75, 3.05) is 0 Å². The molecule has 0 aliphatic carbocycles. The van der Waals surface area contributed by atoms with Crippen molar-refractivity contribution < 1.29 is 0 Å². The van der Waals surface area contributed by atoms with E-state index in [0.717, 1.165) is 0 Å². The van der Waals surface area contributed by atoms with E-state index in [2.05, 4.69) is 101 Å². The van der Waals surface area contributed by atoms with Crippen molar-refractivity contribution in [1.82, 2.24) is 0 Å². The van der Waals surface area contributed by atoms with E-state index >= 15 is 0 Å². The van der Waals surface area contributed by atoms with Crippen molar-refractivity contribution in [2.45, 2.75) is 55.4 Å². The highest BCUT2D eigenvalue weighted by atomic mass is 32.1. The van der Waals surface area contributed by atoms with Crippen LogP contribution in [0.1, 0.15) is 41.8 Å². The van der Waals surface area contributed by atoms with Crippen LogP contribution in [0.3, 0.4) is 0 Å². The molecule has 4 aromatic heterocycles. The van der Waals surface area contributed by atoms with Crippen molar-refractivity contribution in [3.63, 3.8) is 0 Å². The molecule has 0 fully saturated rings. The maximum Gasteiger partial charge on any atom is 0.00433 e. The van der Waals surface area contributed by atoms with E-state index in [4.69, 9.17) is 0 Å². The van der Waals surface area contributed by atoms with Crippen molar-refractivity contribution >= 4 is 45.3 Å². The summed E-state index contributed by atoms with van der Waals surface area (Å²) in [7, 11) is 0. The number of aryl methyl sites for hydroxylation is 8. The second-order valence-corrected chi connectivity index (χ2v) is 11.3. The zero-order valence-corrected chi connectivity index (χ0v) is 21.5. The zero-order valence-electron chi connectivity index (χ0n) is 18.3. The van der Waals surface area contributed by atoms with E-state index < -0.39 is 0 Å². The van der Waals surface area contributed by atoms with Gasteiger partial charge in [0.05, 0.1) is 0 Å². The lowest BCUT2D eigenvalue weighted by Gasteiger charge is -1.79. The molecular weight excluding hydrogens is 417 g/mol. The van der Waals surface area contributed by atoms with Gasteiger partial charge >= 0.3 is 0 Å². The molecule has 0 saturated carbocycles. The summed E-state index contributed by atoms with van der Waals surface area (Å²) in [6.07, 6.45) is 0. The standard InChI is InChI=1S/4C6H8S/c1-5-3-7-4-6(5)2;1-5-3-6(2)7-4-5;1-5-3-4-7-6(5)2;1-5-3-4-6(2)7-5/h4*3-4H,1-2H3. The Morgan fingerprint density at radius 2 is 1.14 bits per heavy atom. The molecule has 0 aliphatic rings. The van der Waals surface area contributed by atoms with Crippen LogP contribution >= 0.6 is 45.3 Å². The summed E-state index contributed by atoms with van der Waals surface area (Å²) >= 11 is 7.22. The molecule has 0 atom stereocenters. The molecule has 4 heteroatoms. The molecule has 4 rings (SSSR count). The lowest BCUT2D eigenvalue weighted by atomic mass is 10.2. The fourth-order valence-corrected chi connectivity index (χ4v) is 5.06. The highest BCUT2D eigenvalue weighted by molar-refractivity contribution is 7.11. The lowest BCUT2D eigenvalue weighted by Crippen LogP contribution is -1.63. The Balaban J connectivity index is 0.000000187. The van der Waals surface area contributed by atoms with Gasteiger partial charge in [0.15, 0.2) is 0 Å². The van der Waals surface area contributed by atoms with Crippen LogP contribution in [0, 0.1) is 55.4 Å². The Labute approximate surface area is 187 Å². The minimum Gasteiger partial charge on any atom is -0.152 e. The molecule has 0 radical (unpaired) electrons. The van der Waals surface area contributed by atoms with E-state index in [1.165, 1.54) is 41.8 Å². The molecule has 0 aromatic carbocycles. The summed E-state index contributed by atoms with van der Waals surface area (Å²) in [6.45, 7) is 17.0. The predicted octanol–water partition coefficient (Wildman–Crippen LogP) is 9.46. The van der Waals surface area contributed by atoms with Crippen molar-refractivity contribution in [3.8, 4) is 0 Å². The molecule has 0 amide bonds. The average Bonchev–Trinajstić information content (AvgIpc) is 3.39.